The number of carbonyl (C=O) groups excluding carboxylic acids is 2. The van der Waals surface area contributed by atoms with Crippen LogP contribution in [0.4, 0.5) is 14.9 Å². The summed E-state index contributed by atoms with van der Waals surface area (Å²) in [5.74, 6) is -0.453. The first-order chi connectivity index (χ1) is 22.8. The standard InChI is InChI=1S/C27H31FN6O5.C5H13OP.CH2O/c1-27(2,3)39-36-15-18-6-9-23(31-38-18)22-8-4-16(12-29-22)20-7-5-17(10-21(20)28)33-13-19(37-26(33)35)14-34-25-11-24(25)30-32-34;1-5(2,3)6-7-4;1-2/h4-5,7-8,10,12,18-19,24-25H,6,9,11,13-15H2,1-3H3;7H,1-4H3;1H2/t18?,19-,24?,25?;;/m1../s1. The summed E-state index contributed by atoms with van der Waals surface area (Å²) in [5.41, 5.74) is 2.51. The predicted octanol–water partition coefficient (Wildman–Crippen LogP) is 6.51. The molecule has 48 heavy (non-hydrogen) atoms. The van der Waals surface area contributed by atoms with Crippen LogP contribution in [0.5, 0.6) is 0 Å². The monoisotopic (exact) mass is 688 g/mol. The van der Waals surface area contributed by atoms with Crippen LogP contribution in [0.1, 0.15) is 66.5 Å². The van der Waals surface area contributed by atoms with Gasteiger partial charge in [0.05, 0.1) is 47.8 Å². The van der Waals surface area contributed by atoms with Crippen molar-refractivity contribution in [1.29, 1.82) is 0 Å². The second kappa shape index (κ2) is 16.2. The summed E-state index contributed by atoms with van der Waals surface area (Å²) in [4.78, 5) is 42.5. The number of pyridine rings is 1. The Hall–Kier alpha value is -3.58. The molecule has 1 amide bonds. The number of cyclic esters (lactones) is 1. The van der Waals surface area contributed by atoms with Crippen LogP contribution >= 0.6 is 8.81 Å². The number of amides is 1. The fourth-order valence-electron chi connectivity index (χ4n) is 5.07. The molecule has 0 spiro atoms. The number of aromatic nitrogens is 1. The molecule has 262 valence electrons. The van der Waals surface area contributed by atoms with Gasteiger partial charge >= 0.3 is 6.09 Å². The van der Waals surface area contributed by atoms with E-state index in [0.29, 0.717) is 62.9 Å². The third kappa shape index (κ3) is 10.5. The van der Waals surface area contributed by atoms with Crippen LogP contribution in [0.25, 0.3) is 11.1 Å². The van der Waals surface area contributed by atoms with E-state index in [1.54, 1.807) is 30.5 Å². The fourth-order valence-corrected chi connectivity index (χ4v) is 5.68. The first-order valence-electron chi connectivity index (χ1n) is 15.9. The first-order valence-corrected chi connectivity index (χ1v) is 17.3. The number of rotatable bonds is 9. The minimum Gasteiger partial charge on any atom is -0.442 e. The molecule has 4 aliphatic rings. The van der Waals surface area contributed by atoms with Crippen LogP contribution < -0.4 is 4.90 Å². The molecule has 4 heterocycles. The summed E-state index contributed by atoms with van der Waals surface area (Å²) < 4.78 is 25.9. The average Bonchev–Trinajstić information content (AvgIpc) is 3.58. The molecule has 6 rings (SSSR count). The summed E-state index contributed by atoms with van der Waals surface area (Å²) >= 11 is 0. The zero-order chi connectivity index (χ0) is 35.1. The second-order valence-corrected chi connectivity index (χ2v) is 14.2. The minimum absolute atomic E-state index is 0.0627. The normalized spacial score (nSPS) is 23.1. The number of nitrogens with zero attached hydrogens (tertiary/aromatic N) is 6. The Balaban J connectivity index is 0.000000516. The molecule has 3 aliphatic heterocycles. The Morgan fingerprint density at radius 3 is 2.38 bits per heavy atom. The van der Waals surface area contributed by atoms with Gasteiger partial charge < -0.3 is 18.9 Å². The van der Waals surface area contributed by atoms with Crippen molar-refractivity contribution in [3.05, 3.63) is 48.0 Å². The van der Waals surface area contributed by atoms with Gasteiger partial charge in [0.25, 0.3) is 0 Å². The number of benzene rings is 1. The van der Waals surface area contributed by atoms with E-state index < -0.39 is 11.9 Å². The van der Waals surface area contributed by atoms with Gasteiger partial charge in [0.15, 0.2) is 6.10 Å². The molecule has 5 atom stereocenters. The van der Waals surface area contributed by atoms with E-state index >= 15 is 4.39 Å². The maximum Gasteiger partial charge on any atom is 0.414 e. The predicted molar refractivity (Wildman–Crippen MR) is 181 cm³/mol. The van der Waals surface area contributed by atoms with Gasteiger partial charge in [-0.2, -0.15) is 5.11 Å². The van der Waals surface area contributed by atoms with Crippen LogP contribution in [0, 0.1) is 5.82 Å². The van der Waals surface area contributed by atoms with Crippen LogP contribution in [0.3, 0.4) is 0 Å². The average molecular weight is 689 g/mol. The minimum atomic E-state index is -0.493. The molecule has 15 heteroatoms. The summed E-state index contributed by atoms with van der Waals surface area (Å²) in [6.45, 7) is 17.0. The van der Waals surface area contributed by atoms with Gasteiger partial charge in [0.2, 0.25) is 0 Å². The molecule has 1 aliphatic carbocycles. The highest BCUT2D eigenvalue weighted by atomic mass is 31.1. The van der Waals surface area contributed by atoms with E-state index in [9.17, 15) is 4.79 Å². The lowest BCUT2D eigenvalue weighted by molar-refractivity contribution is -0.357. The van der Waals surface area contributed by atoms with E-state index in [-0.39, 0.29) is 30.0 Å². The second-order valence-electron chi connectivity index (χ2n) is 13.6. The largest absolute Gasteiger partial charge is 0.442 e. The molecular formula is C33H46FN6O7P. The van der Waals surface area contributed by atoms with E-state index in [1.165, 1.54) is 11.0 Å². The molecule has 2 fully saturated rings. The zero-order valence-corrected chi connectivity index (χ0v) is 29.6. The van der Waals surface area contributed by atoms with E-state index in [2.05, 4.69) is 41.2 Å². The van der Waals surface area contributed by atoms with Crippen LogP contribution in [0.15, 0.2) is 52.0 Å². The molecule has 13 nitrogen and oxygen atoms in total. The molecule has 2 aromatic rings. The van der Waals surface area contributed by atoms with Crippen molar-refractivity contribution in [2.24, 2.45) is 15.5 Å². The highest BCUT2D eigenvalue weighted by molar-refractivity contribution is 7.31. The van der Waals surface area contributed by atoms with Gasteiger partial charge in [-0.1, -0.05) is 16.4 Å². The Bertz CT molecular complexity index is 1450. The number of carbonyl (C=O) groups is 2. The number of hydrogen-bond donors (Lipinski definition) is 0. The SMILES string of the molecule is C=O.CC(C)(C)OOCC1CCC(c2ccc(-c3ccc(N4C[C@H](CN5N=NC6CC65)OC4=O)cc3F)cn2)=NO1.CPOC(C)(C)C. The number of oxime groups is 1. The van der Waals surface area contributed by atoms with Gasteiger partial charge in [-0.05, 0) is 91.7 Å². The maximum absolute atomic E-state index is 15.2. The van der Waals surface area contributed by atoms with Gasteiger partial charge in [0, 0.05) is 26.1 Å². The van der Waals surface area contributed by atoms with Gasteiger partial charge in [-0.15, -0.1) is 0 Å². The lowest BCUT2D eigenvalue weighted by atomic mass is 10.0. The Kier molecular flexibility index (Phi) is 12.6. The molecule has 1 saturated heterocycles. The third-order valence-corrected chi connectivity index (χ3v) is 8.12. The van der Waals surface area contributed by atoms with Crippen molar-refractivity contribution in [3.8, 4) is 11.1 Å². The molecule has 0 bridgehead atoms. The molecule has 0 N–H and O–H groups in total. The Morgan fingerprint density at radius 2 is 1.85 bits per heavy atom. The topological polar surface area (TPSA) is 137 Å². The maximum atomic E-state index is 15.2. The summed E-state index contributed by atoms with van der Waals surface area (Å²) in [6.07, 6.45) is 2.97. The molecule has 1 aromatic heterocycles. The van der Waals surface area contributed by atoms with Crippen LogP contribution in [-0.2, 0) is 28.7 Å². The van der Waals surface area contributed by atoms with Crippen molar-refractivity contribution >= 4 is 33.1 Å². The smallest absolute Gasteiger partial charge is 0.414 e. The van der Waals surface area contributed by atoms with Crippen LogP contribution in [-0.4, -0.2) is 90.4 Å². The lowest BCUT2D eigenvalue weighted by Crippen LogP contribution is -2.32. The van der Waals surface area contributed by atoms with Gasteiger partial charge in [-0.3, -0.25) is 14.9 Å². The molecule has 4 unspecified atom stereocenters. The van der Waals surface area contributed by atoms with E-state index in [4.69, 9.17) is 28.7 Å². The zero-order valence-electron chi connectivity index (χ0n) is 28.6. The highest BCUT2D eigenvalue weighted by Crippen LogP contribution is 2.38. The van der Waals surface area contributed by atoms with Gasteiger partial charge in [0.1, 0.15) is 31.0 Å². The Labute approximate surface area is 282 Å². The van der Waals surface area contributed by atoms with Crippen LogP contribution in [0.2, 0.25) is 0 Å². The number of halogens is 1. The van der Waals surface area contributed by atoms with E-state index in [0.717, 1.165) is 18.6 Å². The van der Waals surface area contributed by atoms with Crippen molar-refractivity contribution in [2.75, 3.05) is 31.3 Å². The van der Waals surface area contributed by atoms with Gasteiger partial charge in [-0.25, -0.2) is 19.0 Å². The highest BCUT2D eigenvalue weighted by Gasteiger charge is 2.48. The van der Waals surface area contributed by atoms with Crippen molar-refractivity contribution in [2.45, 2.75) is 96.3 Å². The number of anilines is 1. The molecule has 1 aromatic carbocycles. The fraction of sp³-hybridized carbons (Fsp3) is 0.576. The molecule has 0 radical (unpaired) electrons. The molecule has 1 saturated carbocycles. The lowest BCUT2D eigenvalue weighted by Gasteiger charge is -2.23. The summed E-state index contributed by atoms with van der Waals surface area (Å²) in [6, 6.07) is 8.93. The van der Waals surface area contributed by atoms with Crippen molar-refractivity contribution in [1.82, 2.24) is 9.99 Å². The number of ether oxygens (including phenoxy) is 1. The molecular weight excluding hydrogens is 642 g/mol. The summed E-state index contributed by atoms with van der Waals surface area (Å²) in [7, 11) is 0.609. The number of hydrogen-bond acceptors (Lipinski definition) is 12. The summed E-state index contributed by atoms with van der Waals surface area (Å²) in [5, 5.41) is 14.4. The van der Waals surface area contributed by atoms with Crippen molar-refractivity contribution in [3.63, 3.8) is 0 Å². The Morgan fingerprint density at radius 1 is 1.08 bits per heavy atom. The van der Waals surface area contributed by atoms with Crippen molar-refractivity contribution < 1.29 is 37.9 Å². The third-order valence-electron chi connectivity index (χ3n) is 7.31. The van der Waals surface area contributed by atoms with E-state index in [1.807, 2.05) is 39.2 Å². The quantitative estimate of drug-likeness (QED) is 0.164. The number of fused-ring (bicyclic) bond motifs is 1. The first kappa shape index (κ1) is 37.2.